The molecule has 0 spiro atoms. The minimum absolute atomic E-state index is 0.133. The van der Waals surface area contributed by atoms with E-state index in [1.165, 1.54) is 12.1 Å². The number of phenolic OH excluding ortho intramolecular Hbond substituents is 1. The van der Waals surface area contributed by atoms with Crippen molar-refractivity contribution in [3.63, 3.8) is 0 Å². The van der Waals surface area contributed by atoms with Crippen LogP contribution in [0.15, 0.2) is 54.2 Å². The number of hydrogen-bond acceptors (Lipinski definition) is 4. The lowest BCUT2D eigenvalue weighted by molar-refractivity contribution is -0.113. The first-order valence-corrected chi connectivity index (χ1v) is 6.89. The number of benzene rings is 2. The van der Waals surface area contributed by atoms with E-state index in [2.05, 4.69) is 5.32 Å². The Bertz CT molecular complexity index is 779. The molecule has 0 unspecified atom stereocenters. The Kier molecular flexibility index (Phi) is 3.72. The lowest BCUT2D eigenvalue weighted by Gasteiger charge is -2.12. The molecule has 1 heterocycles. The standard InChI is InChI=1S/C17H14N2O4/c1-23-14-8-4-12(5-9-14)19-16(21)15(18-17(19)22)10-11-2-6-13(20)7-3-11/h2-10,20H,1H3,(H,18,22)/b15-10-. The van der Waals surface area contributed by atoms with Crippen molar-refractivity contribution >= 4 is 23.7 Å². The SMILES string of the molecule is COc1ccc(N2C(=O)N/C(=C\c3ccc(O)cc3)C2=O)cc1. The Morgan fingerprint density at radius 1 is 1.04 bits per heavy atom. The molecule has 0 aromatic heterocycles. The van der Waals surface area contributed by atoms with Crippen LogP contribution < -0.4 is 15.0 Å². The molecule has 2 aromatic carbocycles. The van der Waals surface area contributed by atoms with Crippen molar-refractivity contribution in [2.75, 3.05) is 12.0 Å². The molecular weight excluding hydrogens is 296 g/mol. The van der Waals surface area contributed by atoms with Crippen LogP contribution in [0.4, 0.5) is 10.5 Å². The van der Waals surface area contributed by atoms with Gasteiger partial charge in [-0.15, -0.1) is 0 Å². The van der Waals surface area contributed by atoms with E-state index in [1.807, 2.05) is 0 Å². The molecule has 1 aliphatic rings. The Labute approximate surface area is 132 Å². The summed E-state index contributed by atoms with van der Waals surface area (Å²) < 4.78 is 5.06. The molecule has 1 fully saturated rings. The Morgan fingerprint density at radius 2 is 1.70 bits per heavy atom. The van der Waals surface area contributed by atoms with E-state index in [9.17, 15) is 14.7 Å². The average molecular weight is 310 g/mol. The average Bonchev–Trinajstić information content (AvgIpc) is 2.84. The van der Waals surface area contributed by atoms with E-state index in [1.54, 1.807) is 49.6 Å². The Morgan fingerprint density at radius 3 is 2.30 bits per heavy atom. The van der Waals surface area contributed by atoms with Crippen molar-refractivity contribution in [3.8, 4) is 11.5 Å². The van der Waals surface area contributed by atoms with E-state index < -0.39 is 11.9 Å². The van der Waals surface area contributed by atoms with Gasteiger partial charge in [0.1, 0.15) is 17.2 Å². The number of imide groups is 1. The summed E-state index contributed by atoms with van der Waals surface area (Å²) in [5, 5.41) is 11.8. The molecule has 0 aliphatic carbocycles. The lowest BCUT2D eigenvalue weighted by atomic mass is 10.2. The molecule has 3 amide bonds. The second-order valence-corrected chi connectivity index (χ2v) is 4.92. The summed E-state index contributed by atoms with van der Waals surface area (Å²) in [6.07, 6.45) is 1.56. The van der Waals surface area contributed by atoms with Crippen LogP contribution in [0.25, 0.3) is 6.08 Å². The van der Waals surface area contributed by atoms with Crippen LogP contribution in [0.3, 0.4) is 0 Å². The first-order chi connectivity index (χ1) is 11.1. The monoisotopic (exact) mass is 310 g/mol. The van der Waals surface area contributed by atoms with Crippen molar-refractivity contribution in [2.45, 2.75) is 0 Å². The number of anilines is 1. The normalized spacial score (nSPS) is 15.9. The lowest BCUT2D eigenvalue weighted by Crippen LogP contribution is -2.30. The molecule has 0 saturated carbocycles. The summed E-state index contributed by atoms with van der Waals surface area (Å²) in [6.45, 7) is 0. The van der Waals surface area contributed by atoms with Crippen LogP contribution in [0.2, 0.25) is 0 Å². The van der Waals surface area contributed by atoms with Crippen LogP contribution in [0.1, 0.15) is 5.56 Å². The van der Waals surface area contributed by atoms with E-state index in [0.717, 1.165) is 4.90 Å². The molecule has 0 radical (unpaired) electrons. The molecule has 6 nitrogen and oxygen atoms in total. The van der Waals surface area contributed by atoms with E-state index in [0.29, 0.717) is 17.0 Å². The molecule has 2 aromatic rings. The second-order valence-electron chi connectivity index (χ2n) is 4.92. The number of ether oxygens (including phenoxy) is 1. The van der Waals surface area contributed by atoms with Gasteiger partial charge in [0.25, 0.3) is 5.91 Å². The number of carbonyl (C=O) groups is 2. The Hall–Kier alpha value is -3.28. The maximum atomic E-state index is 12.4. The van der Waals surface area contributed by atoms with Crippen LogP contribution in [-0.4, -0.2) is 24.2 Å². The maximum Gasteiger partial charge on any atom is 0.333 e. The van der Waals surface area contributed by atoms with E-state index in [-0.39, 0.29) is 11.4 Å². The quantitative estimate of drug-likeness (QED) is 0.674. The summed E-state index contributed by atoms with van der Waals surface area (Å²) in [5.41, 5.74) is 1.34. The number of rotatable bonds is 3. The van der Waals surface area contributed by atoms with Crippen molar-refractivity contribution in [1.82, 2.24) is 5.32 Å². The maximum absolute atomic E-state index is 12.4. The van der Waals surface area contributed by atoms with Crippen LogP contribution in [-0.2, 0) is 4.79 Å². The summed E-state index contributed by atoms with van der Waals surface area (Å²) >= 11 is 0. The van der Waals surface area contributed by atoms with Crippen molar-refractivity contribution in [3.05, 3.63) is 59.8 Å². The third kappa shape index (κ3) is 2.87. The summed E-state index contributed by atoms with van der Waals surface area (Å²) in [4.78, 5) is 25.6. The number of methoxy groups -OCH3 is 1. The highest BCUT2D eigenvalue weighted by atomic mass is 16.5. The van der Waals surface area contributed by atoms with Gasteiger partial charge in [0.2, 0.25) is 0 Å². The number of carbonyl (C=O) groups excluding carboxylic acids is 2. The fourth-order valence-corrected chi connectivity index (χ4v) is 2.24. The smallest absolute Gasteiger partial charge is 0.333 e. The third-order valence-electron chi connectivity index (χ3n) is 3.41. The molecule has 23 heavy (non-hydrogen) atoms. The summed E-state index contributed by atoms with van der Waals surface area (Å²) in [5.74, 6) is 0.336. The second kappa shape index (κ2) is 5.84. The molecular formula is C17H14N2O4. The molecule has 1 saturated heterocycles. The Balaban J connectivity index is 1.88. The van der Waals surface area contributed by atoms with Gasteiger partial charge < -0.3 is 15.2 Å². The number of nitrogens with zero attached hydrogens (tertiary/aromatic N) is 1. The topological polar surface area (TPSA) is 78.9 Å². The number of phenols is 1. The number of nitrogens with one attached hydrogen (secondary N) is 1. The minimum atomic E-state index is -0.509. The van der Waals surface area contributed by atoms with Gasteiger partial charge in [0, 0.05) is 0 Å². The van der Waals surface area contributed by atoms with E-state index in [4.69, 9.17) is 4.74 Å². The predicted octanol–water partition coefficient (Wildman–Crippen LogP) is 2.50. The molecule has 0 atom stereocenters. The van der Waals surface area contributed by atoms with E-state index >= 15 is 0 Å². The van der Waals surface area contributed by atoms with Gasteiger partial charge >= 0.3 is 6.03 Å². The largest absolute Gasteiger partial charge is 0.508 e. The number of hydrogen-bond donors (Lipinski definition) is 2. The minimum Gasteiger partial charge on any atom is -0.508 e. The van der Waals surface area contributed by atoms with Crippen LogP contribution in [0.5, 0.6) is 11.5 Å². The number of urea groups is 1. The fraction of sp³-hybridized carbons (Fsp3) is 0.0588. The highest BCUT2D eigenvalue weighted by Crippen LogP contribution is 2.24. The van der Waals surface area contributed by atoms with Gasteiger partial charge in [-0.25, -0.2) is 9.69 Å². The zero-order valence-corrected chi connectivity index (χ0v) is 12.3. The molecule has 1 aliphatic heterocycles. The van der Waals surface area contributed by atoms with Crippen molar-refractivity contribution in [2.24, 2.45) is 0 Å². The van der Waals surface area contributed by atoms with Crippen molar-refractivity contribution in [1.29, 1.82) is 0 Å². The highest BCUT2D eigenvalue weighted by molar-refractivity contribution is 6.28. The summed E-state index contributed by atoms with van der Waals surface area (Å²) in [7, 11) is 1.54. The zero-order chi connectivity index (χ0) is 16.4. The van der Waals surface area contributed by atoms with Gasteiger partial charge in [0.05, 0.1) is 12.8 Å². The van der Waals surface area contributed by atoms with Crippen LogP contribution >= 0.6 is 0 Å². The molecule has 3 rings (SSSR count). The van der Waals surface area contributed by atoms with Gasteiger partial charge in [-0.2, -0.15) is 0 Å². The van der Waals surface area contributed by atoms with Gasteiger partial charge in [-0.3, -0.25) is 4.79 Å². The van der Waals surface area contributed by atoms with Gasteiger partial charge in [-0.1, -0.05) is 12.1 Å². The third-order valence-corrected chi connectivity index (χ3v) is 3.41. The van der Waals surface area contributed by atoms with Crippen LogP contribution in [0, 0.1) is 0 Å². The molecule has 6 heteroatoms. The predicted molar refractivity (Wildman–Crippen MR) is 85.1 cm³/mol. The number of aromatic hydroxyl groups is 1. The highest BCUT2D eigenvalue weighted by Gasteiger charge is 2.34. The summed E-state index contributed by atoms with van der Waals surface area (Å²) in [6, 6.07) is 12.4. The molecule has 2 N–H and O–H groups in total. The zero-order valence-electron chi connectivity index (χ0n) is 12.3. The molecule has 116 valence electrons. The van der Waals surface area contributed by atoms with Crippen molar-refractivity contribution < 1.29 is 19.4 Å². The number of amides is 3. The fourth-order valence-electron chi connectivity index (χ4n) is 2.24. The van der Waals surface area contributed by atoms with Gasteiger partial charge in [0.15, 0.2) is 0 Å². The first-order valence-electron chi connectivity index (χ1n) is 6.89. The van der Waals surface area contributed by atoms with Gasteiger partial charge in [-0.05, 0) is 48.0 Å². The first kappa shape index (κ1) is 14.6. The molecule has 0 bridgehead atoms.